The fourth-order valence-electron chi connectivity index (χ4n) is 3.40. The Labute approximate surface area is 183 Å². The van der Waals surface area contributed by atoms with Crippen molar-refractivity contribution < 1.29 is 9.59 Å². The number of amides is 3. The van der Waals surface area contributed by atoms with Gasteiger partial charge in [-0.25, -0.2) is 14.5 Å². The molecule has 0 fully saturated rings. The van der Waals surface area contributed by atoms with Gasteiger partial charge in [0, 0.05) is 36.8 Å². The standard InChI is InChI=1S/C22H20N8O2/c1-24-21(31)19(9-15-11-26-18-7-3-2-6-17(15)18)29-22(32)28-16-12-27-30(13-16)20-14(10-23)5-4-8-25-20/h2-8,11-13,19,26H,9H2,1H3,(H,24,31)(H2,28,29,32)/t19-/m0/s1. The number of nitriles is 1. The summed E-state index contributed by atoms with van der Waals surface area (Å²) in [5.41, 5.74) is 2.62. The van der Waals surface area contributed by atoms with E-state index in [1.165, 1.54) is 24.1 Å². The Morgan fingerprint density at radius 2 is 2.09 bits per heavy atom. The number of benzene rings is 1. The summed E-state index contributed by atoms with van der Waals surface area (Å²) in [6.45, 7) is 0. The summed E-state index contributed by atoms with van der Waals surface area (Å²) in [6.07, 6.45) is 6.68. The largest absolute Gasteiger partial charge is 0.361 e. The zero-order valence-corrected chi connectivity index (χ0v) is 17.2. The molecule has 4 N–H and O–H groups in total. The Morgan fingerprint density at radius 1 is 1.25 bits per heavy atom. The van der Waals surface area contributed by atoms with Crippen LogP contribution in [0.3, 0.4) is 0 Å². The van der Waals surface area contributed by atoms with Gasteiger partial charge in [-0.2, -0.15) is 10.4 Å². The van der Waals surface area contributed by atoms with Gasteiger partial charge in [-0.05, 0) is 23.8 Å². The SMILES string of the molecule is CNC(=O)[C@H](Cc1c[nH]c2ccccc12)NC(=O)Nc1cnn(-c2ncccc2C#N)c1. The number of rotatable bonds is 6. The van der Waals surface area contributed by atoms with Crippen molar-refractivity contribution in [2.45, 2.75) is 12.5 Å². The number of likely N-dealkylation sites (N-methyl/N-ethyl adjacent to an activating group) is 1. The van der Waals surface area contributed by atoms with Gasteiger partial charge in [0.15, 0.2) is 5.82 Å². The Morgan fingerprint density at radius 3 is 2.91 bits per heavy atom. The molecule has 160 valence electrons. The predicted octanol–water partition coefficient (Wildman–Crippen LogP) is 2.10. The van der Waals surface area contributed by atoms with Gasteiger partial charge in [0.25, 0.3) is 0 Å². The van der Waals surface area contributed by atoms with Gasteiger partial charge in [-0.1, -0.05) is 18.2 Å². The molecule has 0 unspecified atom stereocenters. The van der Waals surface area contributed by atoms with E-state index in [0.29, 0.717) is 23.5 Å². The first-order valence-electron chi connectivity index (χ1n) is 9.83. The van der Waals surface area contributed by atoms with E-state index in [1.54, 1.807) is 18.3 Å². The summed E-state index contributed by atoms with van der Waals surface area (Å²) < 4.78 is 1.40. The normalized spacial score (nSPS) is 11.5. The van der Waals surface area contributed by atoms with E-state index in [4.69, 9.17) is 0 Å². The third-order valence-corrected chi connectivity index (χ3v) is 4.93. The van der Waals surface area contributed by atoms with Crippen LogP contribution < -0.4 is 16.0 Å². The fourth-order valence-corrected chi connectivity index (χ4v) is 3.40. The molecule has 32 heavy (non-hydrogen) atoms. The maximum atomic E-state index is 12.6. The number of nitrogens with zero attached hydrogens (tertiary/aromatic N) is 4. The zero-order chi connectivity index (χ0) is 22.5. The van der Waals surface area contributed by atoms with Crippen LogP contribution in [0, 0.1) is 11.3 Å². The van der Waals surface area contributed by atoms with Crippen LogP contribution in [-0.2, 0) is 11.2 Å². The van der Waals surface area contributed by atoms with E-state index in [9.17, 15) is 14.9 Å². The number of hydrogen-bond acceptors (Lipinski definition) is 5. The number of para-hydroxylation sites is 1. The number of fused-ring (bicyclic) bond motifs is 1. The summed E-state index contributed by atoms with van der Waals surface area (Å²) in [5, 5.41) is 22.3. The highest BCUT2D eigenvalue weighted by atomic mass is 16.2. The van der Waals surface area contributed by atoms with Gasteiger partial charge in [0.1, 0.15) is 12.1 Å². The number of anilines is 1. The minimum Gasteiger partial charge on any atom is -0.361 e. The molecule has 0 aliphatic rings. The minimum atomic E-state index is -0.782. The maximum Gasteiger partial charge on any atom is 0.319 e. The highest BCUT2D eigenvalue weighted by Gasteiger charge is 2.22. The molecule has 0 saturated heterocycles. The fraction of sp³-hybridized carbons (Fsp3) is 0.136. The summed E-state index contributed by atoms with van der Waals surface area (Å²) in [6, 6.07) is 11.8. The van der Waals surface area contributed by atoms with Gasteiger partial charge >= 0.3 is 6.03 Å². The second-order valence-corrected chi connectivity index (χ2v) is 6.99. The molecule has 1 aromatic carbocycles. The second kappa shape index (κ2) is 9.01. The number of aromatic amines is 1. The third kappa shape index (κ3) is 4.27. The lowest BCUT2D eigenvalue weighted by molar-refractivity contribution is -0.122. The second-order valence-electron chi connectivity index (χ2n) is 6.99. The first kappa shape index (κ1) is 20.6. The summed E-state index contributed by atoms with van der Waals surface area (Å²) in [4.78, 5) is 32.3. The van der Waals surface area contributed by atoms with Gasteiger partial charge < -0.3 is 20.9 Å². The Kier molecular flexibility index (Phi) is 5.81. The third-order valence-electron chi connectivity index (χ3n) is 4.93. The molecule has 0 aliphatic carbocycles. The van der Waals surface area contributed by atoms with Crippen LogP contribution in [-0.4, -0.2) is 44.8 Å². The number of hydrogen-bond donors (Lipinski definition) is 4. The lowest BCUT2D eigenvalue weighted by Crippen LogP contribution is -2.48. The quantitative estimate of drug-likeness (QED) is 0.372. The van der Waals surface area contributed by atoms with E-state index in [1.807, 2.05) is 30.5 Å². The summed E-state index contributed by atoms with van der Waals surface area (Å²) in [7, 11) is 1.52. The topological polar surface area (TPSA) is 141 Å². The van der Waals surface area contributed by atoms with E-state index < -0.39 is 12.1 Å². The smallest absolute Gasteiger partial charge is 0.319 e. The van der Waals surface area contributed by atoms with E-state index in [0.717, 1.165) is 16.5 Å². The lowest BCUT2D eigenvalue weighted by Gasteiger charge is -2.17. The van der Waals surface area contributed by atoms with Crippen molar-refractivity contribution in [3.05, 3.63) is 72.3 Å². The number of H-pyrrole nitrogens is 1. The van der Waals surface area contributed by atoms with Gasteiger partial charge in [0.2, 0.25) is 5.91 Å². The van der Waals surface area contributed by atoms with Crippen LogP contribution in [0.25, 0.3) is 16.7 Å². The number of aromatic nitrogens is 4. The molecule has 0 spiro atoms. The van der Waals surface area contributed by atoms with Crippen molar-refractivity contribution in [2.24, 2.45) is 0 Å². The van der Waals surface area contributed by atoms with Crippen LogP contribution in [0.15, 0.2) is 61.2 Å². The van der Waals surface area contributed by atoms with Crippen LogP contribution in [0.5, 0.6) is 0 Å². The number of carbonyl (C=O) groups is 2. The number of nitrogens with one attached hydrogen (secondary N) is 4. The van der Waals surface area contributed by atoms with E-state index in [2.05, 4.69) is 37.1 Å². The molecule has 3 amide bonds. The molecular formula is C22H20N8O2. The highest BCUT2D eigenvalue weighted by Crippen LogP contribution is 2.19. The van der Waals surface area contributed by atoms with Crippen molar-refractivity contribution in [3.8, 4) is 11.9 Å². The molecule has 0 saturated carbocycles. The van der Waals surface area contributed by atoms with Gasteiger partial charge in [-0.15, -0.1) is 0 Å². The molecule has 10 heteroatoms. The van der Waals surface area contributed by atoms with Gasteiger partial charge in [-0.3, -0.25) is 4.79 Å². The van der Waals surface area contributed by atoms with Crippen LogP contribution in [0.4, 0.5) is 10.5 Å². The maximum absolute atomic E-state index is 12.6. The molecule has 3 aromatic heterocycles. The number of pyridine rings is 1. The van der Waals surface area contributed by atoms with Crippen molar-refractivity contribution in [1.29, 1.82) is 5.26 Å². The molecule has 10 nitrogen and oxygen atoms in total. The lowest BCUT2D eigenvalue weighted by atomic mass is 10.0. The monoisotopic (exact) mass is 428 g/mol. The van der Waals surface area contributed by atoms with E-state index >= 15 is 0 Å². The molecule has 4 aromatic rings. The van der Waals surface area contributed by atoms with Crippen molar-refractivity contribution >= 4 is 28.5 Å². The van der Waals surface area contributed by atoms with Crippen LogP contribution in [0.2, 0.25) is 0 Å². The summed E-state index contributed by atoms with van der Waals surface area (Å²) in [5.74, 6) is 0.0410. The average molecular weight is 428 g/mol. The molecule has 4 rings (SSSR count). The molecular weight excluding hydrogens is 408 g/mol. The molecule has 0 bridgehead atoms. The number of urea groups is 1. The van der Waals surface area contributed by atoms with Crippen molar-refractivity contribution in [3.63, 3.8) is 0 Å². The molecule has 0 aliphatic heterocycles. The van der Waals surface area contributed by atoms with Gasteiger partial charge in [0.05, 0.1) is 23.6 Å². The first-order valence-corrected chi connectivity index (χ1v) is 9.83. The molecule has 0 radical (unpaired) electrons. The van der Waals surface area contributed by atoms with Crippen molar-refractivity contribution in [2.75, 3.05) is 12.4 Å². The molecule has 1 atom stereocenters. The Hall–Kier alpha value is -4.65. The van der Waals surface area contributed by atoms with Crippen LogP contribution >= 0.6 is 0 Å². The zero-order valence-electron chi connectivity index (χ0n) is 17.2. The summed E-state index contributed by atoms with van der Waals surface area (Å²) >= 11 is 0. The minimum absolute atomic E-state index is 0.312. The first-order chi connectivity index (χ1) is 15.6. The van der Waals surface area contributed by atoms with E-state index in [-0.39, 0.29) is 5.91 Å². The predicted molar refractivity (Wildman–Crippen MR) is 118 cm³/mol. The molecule has 3 heterocycles. The van der Waals surface area contributed by atoms with Crippen LogP contribution in [0.1, 0.15) is 11.1 Å². The Balaban J connectivity index is 1.47. The highest BCUT2D eigenvalue weighted by molar-refractivity contribution is 5.94. The number of carbonyl (C=O) groups excluding carboxylic acids is 2. The Bertz CT molecular complexity index is 1320. The average Bonchev–Trinajstić information content (AvgIpc) is 3.45. The van der Waals surface area contributed by atoms with Crippen molar-refractivity contribution in [1.82, 2.24) is 30.4 Å².